The molecule has 1 aliphatic carbocycles. The van der Waals surface area contributed by atoms with Gasteiger partial charge in [0.25, 0.3) is 5.91 Å². The van der Waals surface area contributed by atoms with Crippen molar-refractivity contribution in [1.29, 1.82) is 0 Å². The summed E-state index contributed by atoms with van der Waals surface area (Å²) in [7, 11) is 1.81. The van der Waals surface area contributed by atoms with Gasteiger partial charge in [0.05, 0.1) is 21.5 Å². The number of hydrogen-bond donors (Lipinski definition) is 1. The highest BCUT2D eigenvalue weighted by molar-refractivity contribution is 7.17. The molecular formula is C14H16ClN3OS. The Morgan fingerprint density at radius 1 is 1.45 bits per heavy atom. The van der Waals surface area contributed by atoms with Crippen LogP contribution >= 0.6 is 22.9 Å². The number of carbonyl (C=O) groups is 1. The third-order valence-corrected chi connectivity index (χ3v) is 4.88. The van der Waals surface area contributed by atoms with Crippen LogP contribution in [0.3, 0.4) is 0 Å². The van der Waals surface area contributed by atoms with E-state index in [2.05, 4.69) is 10.2 Å². The first kappa shape index (κ1) is 13.6. The number of aryl methyl sites for hydroxylation is 1. The first-order chi connectivity index (χ1) is 9.65. The van der Waals surface area contributed by atoms with Crippen molar-refractivity contribution in [3.8, 4) is 0 Å². The maximum atomic E-state index is 12.3. The average molecular weight is 310 g/mol. The summed E-state index contributed by atoms with van der Waals surface area (Å²) in [4.78, 5) is 14.7. The molecule has 0 saturated heterocycles. The summed E-state index contributed by atoms with van der Waals surface area (Å²) in [5.41, 5.74) is 3.55. The van der Waals surface area contributed by atoms with E-state index in [1.54, 1.807) is 24.1 Å². The van der Waals surface area contributed by atoms with E-state index in [0.717, 1.165) is 18.5 Å². The second-order valence-corrected chi connectivity index (χ2v) is 6.81. The molecule has 2 heterocycles. The van der Waals surface area contributed by atoms with Crippen LogP contribution in [0, 0.1) is 0 Å². The molecule has 106 valence electrons. The molecule has 0 aromatic carbocycles. The third-order valence-electron chi connectivity index (χ3n) is 3.66. The molecule has 20 heavy (non-hydrogen) atoms. The Kier molecular flexibility index (Phi) is 3.81. The van der Waals surface area contributed by atoms with E-state index >= 15 is 0 Å². The fourth-order valence-electron chi connectivity index (χ4n) is 2.59. The number of aromatic amines is 1. The van der Waals surface area contributed by atoms with Gasteiger partial charge in [0, 0.05) is 12.7 Å². The van der Waals surface area contributed by atoms with Crippen molar-refractivity contribution in [2.75, 3.05) is 7.05 Å². The van der Waals surface area contributed by atoms with Gasteiger partial charge in [-0.15, -0.1) is 11.3 Å². The van der Waals surface area contributed by atoms with Crippen LogP contribution in [0.1, 0.15) is 39.5 Å². The number of amides is 1. The lowest BCUT2D eigenvalue weighted by molar-refractivity contribution is 0.0788. The predicted octanol–water partition coefficient (Wildman–Crippen LogP) is 3.28. The molecule has 2 aromatic heterocycles. The minimum atomic E-state index is -0.00513. The van der Waals surface area contributed by atoms with Crippen LogP contribution in [0.15, 0.2) is 12.1 Å². The number of aromatic nitrogens is 2. The maximum Gasteiger partial charge on any atom is 0.264 e. The Hall–Kier alpha value is -1.33. The van der Waals surface area contributed by atoms with E-state index in [9.17, 15) is 4.79 Å². The molecule has 0 atom stereocenters. The van der Waals surface area contributed by atoms with Crippen LogP contribution in [-0.4, -0.2) is 28.1 Å². The van der Waals surface area contributed by atoms with Crippen LogP contribution in [0.5, 0.6) is 0 Å². The molecule has 6 heteroatoms. The predicted molar refractivity (Wildman–Crippen MR) is 80.4 cm³/mol. The van der Waals surface area contributed by atoms with Crippen molar-refractivity contribution in [2.45, 2.75) is 32.2 Å². The van der Waals surface area contributed by atoms with Crippen molar-refractivity contribution in [3.63, 3.8) is 0 Å². The lowest BCUT2D eigenvalue weighted by Gasteiger charge is -2.17. The van der Waals surface area contributed by atoms with Gasteiger partial charge in [-0.1, -0.05) is 11.6 Å². The Morgan fingerprint density at radius 2 is 2.25 bits per heavy atom. The Balaban J connectivity index is 1.74. The quantitative estimate of drug-likeness (QED) is 0.946. The number of carbonyl (C=O) groups excluding carboxylic acids is 1. The first-order valence-electron chi connectivity index (χ1n) is 6.71. The molecule has 3 rings (SSSR count). The lowest BCUT2D eigenvalue weighted by atomic mass is 9.96. The number of halogens is 1. The monoisotopic (exact) mass is 309 g/mol. The third kappa shape index (κ3) is 2.60. The lowest BCUT2D eigenvalue weighted by Crippen LogP contribution is -2.26. The van der Waals surface area contributed by atoms with Crippen molar-refractivity contribution < 1.29 is 4.79 Å². The van der Waals surface area contributed by atoms with Crippen molar-refractivity contribution in [1.82, 2.24) is 15.1 Å². The van der Waals surface area contributed by atoms with Gasteiger partial charge in [-0.2, -0.15) is 5.10 Å². The summed E-state index contributed by atoms with van der Waals surface area (Å²) in [5, 5.41) is 7.49. The minimum absolute atomic E-state index is 0.00513. The summed E-state index contributed by atoms with van der Waals surface area (Å²) >= 11 is 7.19. The number of rotatable bonds is 3. The van der Waals surface area contributed by atoms with Crippen molar-refractivity contribution in [2.24, 2.45) is 0 Å². The van der Waals surface area contributed by atoms with E-state index in [1.807, 2.05) is 0 Å². The summed E-state index contributed by atoms with van der Waals surface area (Å²) in [6, 6.07) is 3.52. The highest BCUT2D eigenvalue weighted by Gasteiger charge is 2.20. The number of thiophene rings is 1. The van der Waals surface area contributed by atoms with Crippen molar-refractivity contribution in [3.05, 3.63) is 38.3 Å². The summed E-state index contributed by atoms with van der Waals surface area (Å²) in [6.45, 7) is 0.542. The number of hydrogen-bond acceptors (Lipinski definition) is 3. The normalized spacial score (nSPS) is 14.1. The molecule has 0 bridgehead atoms. The summed E-state index contributed by atoms with van der Waals surface area (Å²) < 4.78 is 0.638. The zero-order chi connectivity index (χ0) is 14.1. The van der Waals surface area contributed by atoms with Crippen LogP contribution < -0.4 is 0 Å². The minimum Gasteiger partial charge on any atom is -0.335 e. The zero-order valence-corrected chi connectivity index (χ0v) is 12.9. The second kappa shape index (κ2) is 5.58. The number of H-pyrrole nitrogens is 1. The van der Waals surface area contributed by atoms with Gasteiger partial charge in [-0.25, -0.2) is 0 Å². The van der Waals surface area contributed by atoms with Gasteiger partial charge >= 0.3 is 0 Å². The molecule has 1 N–H and O–H groups in total. The largest absolute Gasteiger partial charge is 0.335 e. The average Bonchev–Trinajstić information content (AvgIpc) is 3.05. The maximum absolute atomic E-state index is 12.3. The topological polar surface area (TPSA) is 49.0 Å². The van der Waals surface area contributed by atoms with Crippen LogP contribution in [0.4, 0.5) is 0 Å². The van der Waals surface area contributed by atoms with Crippen LogP contribution in [-0.2, 0) is 19.4 Å². The molecule has 0 saturated carbocycles. The molecular weight excluding hydrogens is 294 g/mol. The van der Waals surface area contributed by atoms with Crippen LogP contribution in [0.2, 0.25) is 4.34 Å². The molecule has 0 radical (unpaired) electrons. The van der Waals surface area contributed by atoms with E-state index in [0.29, 0.717) is 15.8 Å². The molecule has 0 unspecified atom stereocenters. The zero-order valence-electron chi connectivity index (χ0n) is 11.3. The van der Waals surface area contributed by atoms with Gasteiger partial charge in [0.2, 0.25) is 0 Å². The van der Waals surface area contributed by atoms with E-state index in [-0.39, 0.29) is 5.91 Å². The van der Waals surface area contributed by atoms with Gasteiger partial charge in [0.15, 0.2) is 0 Å². The Morgan fingerprint density at radius 3 is 3.00 bits per heavy atom. The second-order valence-electron chi connectivity index (χ2n) is 5.10. The number of fused-ring (bicyclic) bond motifs is 1. The SMILES string of the molecule is CN(Cc1n[nH]c2c1CCCC2)C(=O)c1ccc(Cl)s1. The van der Waals surface area contributed by atoms with Gasteiger partial charge in [-0.3, -0.25) is 9.89 Å². The molecule has 2 aromatic rings. The molecule has 0 fully saturated rings. The summed E-state index contributed by atoms with van der Waals surface area (Å²) in [6.07, 6.45) is 4.56. The molecule has 0 spiro atoms. The Labute approximate surface area is 126 Å². The number of nitrogens with zero attached hydrogens (tertiary/aromatic N) is 2. The molecule has 0 aliphatic heterocycles. The van der Waals surface area contributed by atoms with Gasteiger partial charge in [0.1, 0.15) is 0 Å². The standard InChI is InChI=1S/C14H16ClN3OS/c1-18(14(19)12-6-7-13(15)20-12)8-11-9-4-2-3-5-10(9)16-17-11/h6-7H,2-5,8H2,1H3,(H,16,17). The highest BCUT2D eigenvalue weighted by atomic mass is 35.5. The highest BCUT2D eigenvalue weighted by Crippen LogP contribution is 2.25. The first-order valence-corrected chi connectivity index (χ1v) is 7.90. The fraction of sp³-hybridized carbons (Fsp3) is 0.429. The van der Waals surface area contributed by atoms with Gasteiger partial charge < -0.3 is 4.90 Å². The smallest absolute Gasteiger partial charge is 0.264 e. The Bertz CT molecular complexity index is 634. The molecule has 1 amide bonds. The molecule has 4 nitrogen and oxygen atoms in total. The van der Waals surface area contributed by atoms with Crippen molar-refractivity contribution >= 4 is 28.8 Å². The molecule has 1 aliphatic rings. The number of nitrogens with one attached hydrogen (secondary N) is 1. The van der Waals surface area contributed by atoms with E-state index in [4.69, 9.17) is 11.6 Å². The van der Waals surface area contributed by atoms with Crippen LogP contribution in [0.25, 0.3) is 0 Å². The van der Waals surface area contributed by atoms with Gasteiger partial charge in [-0.05, 0) is 43.4 Å². The fourth-order valence-corrected chi connectivity index (χ4v) is 3.63. The summed E-state index contributed by atoms with van der Waals surface area (Å²) in [5.74, 6) is -0.00513. The van der Waals surface area contributed by atoms with E-state index in [1.165, 1.54) is 35.4 Å². The van der Waals surface area contributed by atoms with E-state index < -0.39 is 0 Å².